The predicted molar refractivity (Wildman–Crippen MR) is 89.2 cm³/mol. The Morgan fingerprint density at radius 1 is 1.48 bits per heavy atom. The number of methoxy groups -OCH3 is 1. The number of thioether (sulfide) groups is 1. The highest BCUT2D eigenvalue weighted by Crippen LogP contribution is 2.36. The summed E-state index contributed by atoms with van der Waals surface area (Å²) in [5.41, 5.74) is 0.663. The van der Waals surface area contributed by atoms with Gasteiger partial charge in [0.1, 0.15) is 11.5 Å². The van der Waals surface area contributed by atoms with Gasteiger partial charge in [-0.3, -0.25) is 9.69 Å². The lowest BCUT2D eigenvalue weighted by Crippen LogP contribution is -2.27. The molecular weight excluding hydrogens is 306 g/mol. The molecular formula is C15H13NO3S2. The molecule has 4 nitrogen and oxygen atoms in total. The molecule has 2 rings (SSSR count). The molecule has 108 valence electrons. The van der Waals surface area contributed by atoms with Crippen molar-refractivity contribution in [1.29, 1.82) is 0 Å². The van der Waals surface area contributed by atoms with Gasteiger partial charge in [-0.15, -0.1) is 0 Å². The number of carbonyl (C=O) groups excluding carboxylic acids is 1. The van der Waals surface area contributed by atoms with Crippen LogP contribution in [0.15, 0.2) is 60.4 Å². The Morgan fingerprint density at radius 3 is 2.90 bits per heavy atom. The Kier molecular flexibility index (Phi) is 4.82. The number of nitrogens with zero attached hydrogens (tertiary/aromatic N) is 1. The summed E-state index contributed by atoms with van der Waals surface area (Å²) < 4.78 is 10.6. The number of hydrogen-bond acceptors (Lipinski definition) is 5. The summed E-state index contributed by atoms with van der Waals surface area (Å²) in [5, 5.41) is 0. The van der Waals surface area contributed by atoms with Gasteiger partial charge in [0.15, 0.2) is 4.32 Å². The van der Waals surface area contributed by atoms with E-state index in [1.165, 1.54) is 22.9 Å². The molecule has 0 radical (unpaired) electrons. The molecule has 1 aliphatic rings. The van der Waals surface area contributed by atoms with Gasteiger partial charge in [-0.05, 0) is 18.2 Å². The maximum Gasteiger partial charge on any atom is 0.270 e. The standard InChI is InChI=1S/C15H13NO3S2/c1-4-19-10(2)8-13-14(17)16(15(20)21-13)11-6-5-7-12(9-11)18-3/h4-9H,1-2H2,3H3/b13-8-. The van der Waals surface area contributed by atoms with Gasteiger partial charge in [-0.1, -0.05) is 43.2 Å². The number of ether oxygens (including phenoxy) is 2. The topological polar surface area (TPSA) is 38.8 Å². The molecule has 1 aromatic carbocycles. The first-order chi connectivity index (χ1) is 10.1. The fourth-order valence-electron chi connectivity index (χ4n) is 1.73. The van der Waals surface area contributed by atoms with Crippen LogP contribution < -0.4 is 9.64 Å². The van der Waals surface area contributed by atoms with Gasteiger partial charge in [0.2, 0.25) is 0 Å². The zero-order valence-corrected chi connectivity index (χ0v) is 13.0. The smallest absolute Gasteiger partial charge is 0.270 e. The van der Waals surface area contributed by atoms with Crippen LogP contribution >= 0.6 is 24.0 Å². The molecule has 0 aromatic heterocycles. The van der Waals surface area contributed by atoms with Crippen LogP contribution in [0.4, 0.5) is 5.69 Å². The molecule has 0 unspecified atom stereocenters. The summed E-state index contributed by atoms with van der Waals surface area (Å²) in [6.45, 7) is 7.11. The largest absolute Gasteiger partial charge is 0.497 e. The van der Waals surface area contributed by atoms with Gasteiger partial charge >= 0.3 is 0 Å². The maximum atomic E-state index is 12.4. The Hall–Kier alpha value is -2.05. The third-order valence-electron chi connectivity index (χ3n) is 2.63. The highest BCUT2D eigenvalue weighted by molar-refractivity contribution is 8.27. The fourth-order valence-corrected chi connectivity index (χ4v) is 3.02. The van der Waals surface area contributed by atoms with Crippen LogP contribution in [0.25, 0.3) is 0 Å². The van der Waals surface area contributed by atoms with E-state index in [0.717, 1.165) is 0 Å². The quantitative estimate of drug-likeness (QED) is 0.471. The highest BCUT2D eigenvalue weighted by atomic mass is 32.2. The minimum atomic E-state index is -0.216. The summed E-state index contributed by atoms with van der Waals surface area (Å²) >= 11 is 6.47. The van der Waals surface area contributed by atoms with E-state index in [0.29, 0.717) is 26.4 Å². The number of carbonyl (C=O) groups is 1. The van der Waals surface area contributed by atoms with Gasteiger partial charge in [0.25, 0.3) is 5.91 Å². The Morgan fingerprint density at radius 2 is 2.24 bits per heavy atom. The average Bonchev–Trinajstić information content (AvgIpc) is 2.73. The SMILES string of the molecule is C=COC(=C)/C=C1\SC(=S)N(c2cccc(OC)c2)C1=O. The Labute approximate surface area is 132 Å². The lowest BCUT2D eigenvalue weighted by Gasteiger charge is -2.15. The van der Waals surface area contributed by atoms with Crippen LogP contribution in [-0.2, 0) is 9.53 Å². The lowest BCUT2D eigenvalue weighted by atomic mass is 10.2. The van der Waals surface area contributed by atoms with Crippen molar-refractivity contribution in [2.75, 3.05) is 12.0 Å². The first kappa shape index (κ1) is 15.3. The molecule has 1 heterocycles. The van der Waals surface area contributed by atoms with Gasteiger partial charge in [-0.2, -0.15) is 0 Å². The third kappa shape index (κ3) is 3.34. The lowest BCUT2D eigenvalue weighted by molar-refractivity contribution is -0.113. The molecule has 1 aliphatic heterocycles. The molecule has 0 spiro atoms. The van der Waals surface area contributed by atoms with Crippen molar-refractivity contribution >= 4 is 39.9 Å². The maximum absolute atomic E-state index is 12.4. The summed E-state index contributed by atoms with van der Waals surface area (Å²) in [6.07, 6.45) is 2.79. The van der Waals surface area contributed by atoms with Gasteiger partial charge < -0.3 is 9.47 Å². The monoisotopic (exact) mass is 319 g/mol. The number of rotatable bonds is 5. The predicted octanol–water partition coefficient (Wildman–Crippen LogP) is 3.62. The van der Waals surface area contributed by atoms with E-state index >= 15 is 0 Å². The van der Waals surface area contributed by atoms with E-state index in [-0.39, 0.29) is 5.91 Å². The number of amides is 1. The summed E-state index contributed by atoms with van der Waals surface area (Å²) in [7, 11) is 1.57. The van der Waals surface area contributed by atoms with Crippen molar-refractivity contribution in [2.24, 2.45) is 0 Å². The van der Waals surface area contributed by atoms with E-state index in [1.54, 1.807) is 37.5 Å². The summed E-state index contributed by atoms with van der Waals surface area (Å²) in [5.74, 6) is 0.771. The zero-order chi connectivity index (χ0) is 15.4. The molecule has 0 bridgehead atoms. The van der Waals surface area contributed by atoms with E-state index < -0.39 is 0 Å². The van der Waals surface area contributed by atoms with E-state index in [4.69, 9.17) is 21.7 Å². The molecule has 1 amide bonds. The molecule has 21 heavy (non-hydrogen) atoms. The van der Waals surface area contributed by atoms with Crippen LogP contribution in [0.2, 0.25) is 0 Å². The molecule has 1 fully saturated rings. The minimum Gasteiger partial charge on any atom is -0.497 e. The van der Waals surface area contributed by atoms with Crippen molar-refractivity contribution < 1.29 is 14.3 Å². The molecule has 0 saturated carbocycles. The Bertz CT molecular complexity index is 652. The number of anilines is 1. The van der Waals surface area contributed by atoms with Gasteiger partial charge in [-0.25, -0.2) is 0 Å². The van der Waals surface area contributed by atoms with Crippen LogP contribution in [0.5, 0.6) is 5.75 Å². The van der Waals surface area contributed by atoms with E-state index in [1.807, 2.05) is 0 Å². The molecule has 0 aliphatic carbocycles. The minimum absolute atomic E-state index is 0.216. The van der Waals surface area contributed by atoms with Crippen molar-refractivity contribution in [1.82, 2.24) is 0 Å². The van der Waals surface area contributed by atoms with Crippen molar-refractivity contribution in [3.63, 3.8) is 0 Å². The highest BCUT2D eigenvalue weighted by Gasteiger charge is 2.33. The normalized spacial score (nSPS) is 16.2. The number of allylic oxidation sites excluding steroid dienone is 1. The number of hydrogen-bond donors (Lipinski definition) is 0. The van der Waals surface area contributed by atoms with Crippen LogP contribution in [-0.4, -0.2) is 17.3 Å². The van der Waals surface area contributed by atoms with Crippen molar-refractivity contribution in [2.45, 2.75) is 0 Å². The molecule has 0 atom stereocenters. The van der Waals surface area contributed by atoms with E-state index in [2.05, 4.69) is 13.2 Å². The van der Waals surface area contributed by atoms with Crippen LogP contribution in [0.1, 0.15) is 0 Å². The zero-order valence-electron chi connectivity index (χ0n) is 11.4. The van der Waals surface area contributed by atoms with Crippen LogP contribution in [0.3, 0.4) is 0 Å². The van der Waals surface area contributed by atoms with Crippen molar-refractivity contribution in [3.05, 3.63) is 60.4 Å². The molecule has 1 aromatic rings. The van der Waals surface area contributed by atoms with Gasteiger partial charge in [0, 0.05) is 6.07 Å². The second-order valence-electron chi connectivity index (χ2n) is 3.97. The second kappa shape index (κ2) is 6.60. The molecule has 1 saturated heterocycles. The second-order valence-corrected chi connectivity index (χ2v) is 5.65. The van der Waals surface area contributed by atoms with Crippen LogP contribution in [0, 0.1) is 0 Å². The number of benzene rings is 1. The Balaban J connectivity index is 2.30. The third-order valence-corrected chi connectivity index (χ3v) is 3.93. The molecule has 6 heteroatoms. The van der Waals surface area contributed by atoms with Crippen molar-refractivity contribution in [3.8, 4) is 5.75 Å². The average molecular weight is 319 g/mol. The van der Waals surface area contributed by atoms with E-state index in [9.17, 15) is 4.79 Å². The van der Waals surface area contributed by atoms with Gasteiger partial charge in [0.05, 0.1) is 24.0 Å². The molecule has 0 N–H and O–H groups in total. The number of thiocarbonyl (C=S) groups is 1. The fraction of sp³-hybridized carbons (Fsp3) is 0.0667. The summed E-state index contributed by atoms with van der Waals surface area (Å²) in [4.78, 5) is 14.3. The summed E-state index contributed by atoms with van der Waals surface area (Å²) in [6, 6.07) is 7.15. The first-order valence-electron chi connectivity index (χ1n) is 5.95. The first-order valence-corrected chi connectivity index (χ1v) is 7.17.